The van der Waals surface area contributed by atoms with Gasteiger partial charge in [0.2, 0.25) is 0 Å². The Bertz CT molecular complexity index is 364. The minimum absolute atomic E-state index is 0.0666. The predicted octanol–water partition coefficient (Wildman–Crippen LogP) is 2.03. The molecular weight excluding hydrogens is 195 g/mol. The smallest absolute Gasteiger partial charge is 0.129 e. The molecule has 0 heterocycles. The van der Waals surface area contributed by atoms with Crippen LogP contribution >= 0.6 is 0 Å². The molecule has 0 unspecified atom stereocenters. The van der Waals surface area contributed by atoms with Gasteiger partial charge in [0.25, 0.3) is 0 Å². The van der Waals surface area contributed by atoms with Crippen molar-refractivity contribution in [2.45, 2.75) is 26.6 Å². The molecule has 0 bridgehead atoms. The lowest BCUT2D eigenvalue weighted by Gasteiger charge is -2.09. The van der Waals surface area contributed by atoms with Crippen molar-refractivity contribution in [1.82, 2.24) is 0 Å². The van der Waals surface area contributed by atoms with Crippen molar-refractivity contribution in [3.8, 4) is 0 Å². The van der Waals surface area contributed by atoms with Gasteiger partial charge in [-0.3, -0.25) is 5.41 Å². The number of ether oxygens (including phenoxy) is 1. The molecule has 0 radical (unpaired) electrons. The maximum absolute atomic E-state index is 13.4. The number of hydrogen-bond donors (Lipinski definition) is 2. The molecule has 0 amide bonds. The van der Waals surface area contributed by atoms with Crippen LogP contribution in [-0.2, 0) is 11.3 Å². The Morgan fingerprint density at radius 1 is 1.53 bits per heavy atom. The van der Waals surface area contributed by atoms with Gasteiger partial charge in [-0.2, -0.15) is 0 Å². The monoisotopic (exact) mass is 210 g/mol. The summed E-state index contributed by atoms with van der Waals surface area (Å²) in [6.07, 6.45) is 0.0666. The van der Waals surface area contributed by atoms with Gasteiger partial charge in [0, 0.05) is 11.1 Å². The Labute approximate surface area is 88.6 Å². The van der Waals surface area contributed by atoms with Gasteiger partial charge in [0.1, 0.15) is 11.7 Å². The van der Waals surface area contributed by atoms with Crippen molar-refractivity contribution < 1.29 is 9.13 Å². The molecule has 0 aliphatic rings. The summed E-state index contributed by atoms with van der Waals surface area (Å²) in [6.45, 7) is 4.02. The van der Waals surface area contributed by atoms with Gasteiger partial charge >= 0.3 is 0 Å². The number of hydrogen-bond acceptors (Lipinski definition) is 2. The topological polar surface area (TPSA) is 59.1 Å². The zero-order valence-corrected chi connectivity index (χ0v) is 8.88. The highest BCUT2D eigenvalue weighted by Gasteiger charge is 2.06. The van der Waals surface area contributed by atoms with Gasteiger partial charge in [0.05, 0.1) is 12.7 Å². The molecule has 0 spiro atoms. The lowest BCUT2D eigenvalue weighted by molar-refractivity contribution is 0.0639. The molecule has 82 valence electrons. The summed E-state index contributed by atoms with van der Waals surface area (Å²) in [5.74, 6) is -0.520. The Balaban J connectivity index is 2.79. The predicted molar refractivity (Wildman–Crippen MR) is 57.3 cm³/mol. The Hall–Kier alpha value is -1.42. The van der Waals surface area contributed by atoms with E-state index in [0.717, 1.165) is 0 Å². The molecule has 0 saturated carbocycles. The van der Waals surface area contributed by atoms with Gasteiger partial charge in [-0.05, 0) is 19.9 Å². The quantitative estimate of drug-likeness (QED) is 0.590. The van der Waals surface area contributed by atoms with Gasteiger partial charge in [-0.25, -0.2) is 4.39 Å². The molecule has 0 saturated heterocycles. The Morgan fingerprint density at radius 3 is 2.67 bits per heavy atom. The van der Waals surface area contributed by atoms with Crippen LogP contribution in [0.2, 0.25) is 0 Å². The van der Waals surface area contributed by atoms with Crippen molar-refractivity contribution in [3.05, 3.63) is 35.1 Å². The first kappa shape index (κ1) is 11.7. The molecule has 0 aromatic heterocycles. The lowest BCUT2D eigenvalue weighted by Crippen LogP contribution is -2.12. The zero-order valence-electron chi connectivity index (χ0n) is 8.88. The van der Waals surface area contributed by atoms with Crippen molar-refractivity contribution in [2.75, 3.05) is 0 Å². The number of halogens is 1. The number of amidine groups is 1. The molecule has 0 fully saturated rings. The first-order valence-corrected chi connectivity index (χ1v) is 4.75. The standard InChI is InChI=1S/C11H15FN2O/c1-7(2)15-6-9-4-3-8(11(13)14)5-10(9)12/h3-5,7H,6H2,1-2H3,(H3,13,14). The van der Waals surface area contributed by atoms with E-state index in [4.69, 9.17) is 15.9 Å². The van der Waals surface area contributed by atoms with E-state index in [-0.39, 0.29) is 24.4 Å². The highest BCUT2D eigenvalue weighted by molar-refractivity contribution is 5.94. The summed E-state index contributed by atoms with van der Waals surface area (Å²) in [5, 5.41) is 7.15. The Morgan fingerprint density at radius 2 is 2.20 bits per heavy atom. The van der Waals surface area contributed by atoms with Crippen molar-refractivity contribution in [3.63, 3.8) is 0 Å². The number of nitrogen functional groups attached to an aromatic ring is 1. The van der Waals surface area contributed by atoms with Crippen LogP contribution in [0.1, 0.15) is 25.0 Å². The average molecular weight is 210 g/mol. The second kappa shape index (κ2) is 4.89. The molecule has 3 nitrogen and oxygen atoms in total. The number of nitrogens with two attached hydrogens (primary N) is 1. The van der Waals surface area contributed by atoms with Crippen molar-refractivity contribution >= 4 is 5.84 Å². The molecule has 0 aliphatic heterocycles. The third-order valence-electron chi connectivity index (χ3n) is 1.94. The SMILES string of the molecule is CC(C)OCc1ccc(C(=N)N)cc1F. The van der Waals surface area contributed by atoms with Gasteiger partial charge in [0.15, 0.2) is 0 Å². The zero-order chi connectivity index (χ0) is 11.4. The van der Waals surface area contributed by atoms with E-state index in [9.17, 15) is 4.39 Å². The van der Waals surface area contributed by atoms with Crippen LogP contribution in [0.3, 0.4) is 0 Å². The van der Waals surface area contributed by atoms with E-state index in [1.165, 1.54) is 6.07 Å². The van der Waals surface area contributed by atoms with Crippen LogP contribution in [0, 0.1) is 11.2 Å². The molecule has 15 heavy (non-hydrogen) atoms. The fourth-order valence-corrected chi connectivity index (χ4v) is 1.09. The number of nitrogens with one attached hydrogen (secondary N) is 1. The van der Waals surface area contributed by atoms with E-state index in [0.29, 0.717) is 11.1 Å². The van der Waals surface area contributed by atoms with E-state index >= 15 is 0 Å². The van der Waals surface area contributed by atoms with E-state index in [1.807, 2.05) is 13.8 Å². The highest BCUT2D eigenvalue weighted by atomic mass is 19.1. The number of rotatable bonds is 4. The normalized spacial score (nSPS) is 10.7. The molecule has 1 aromatic carbocycles. The van der Waals surface area contributed by atoms with E-state index in [1.54, 1.807) is 12.1 Å². The maximum atomic E-state index is 13.4. The highest BCUT2D eigenvalue weighted by Crippen LogP contribution is 2.12. The molecule has 0 atom stereocenters. The van der Waals surface area contributed by atoms with Crippen molar-refractivity contribution in [1.29, 1.82) is 5.41 Å². The van der Waals surface area contributed by atoms with Crippen LogP contribution < -0.4 is 5.73 Å². The largest absolute Gasteiger partial charge is 0.384 e. The van der Waals surface area contributed by atoms with Gasteiger partial charge in [-0.15, -0.1) is 0 Å². The van der Waals surface area contributed by atoms with Crippen LogP contribution in [0.5, 0.6) is 0 Å². The molecule has 0 aliphatic carbocycles. The second-order valence-electron chi connectivity index (χ2n) is 3.58. The fourth-order valence-electron chi connectivity index (χ4n) is 1.09. The van der Waals surface area contributed by atoms with Crippen molar-refractivity contribution in [2.24, 2.45) is 5.73 Å². The lowest BCUT2D eigenvalue weighted by atomic mass is 10.1. The molecule has 1 aromatic rings. The Kier molecular flexibility index (Phi) is 3.80. The third-order valence-corrected chi connectivity index (χ3v) is 1.94. The van der Waals surface area contributed by atoms with Crippen LogP contribution in [0.4, 0.5) is 4.39 Å². The first-order valence-electron chi connectivity index (χ1n) is 4.75. The average Bonchev–Trinajstić information content (AvgIpc) is 2.15. The summed E-state index contributed by atoms with van der Waals surface area (Å²) in [7, 11) is 0. The number of benzene rings is 1. The third kappa shape index (κ3) is 3.32. The minimum atomic E-state index is -0.386. The first-order chi connectivity index (χ1) is 7.00. The van der Waals surface area contributed by atoms with Crippen LogP contribution in [0.15, 0.2) is 18.2 Å². The summed E-state index contributed by atoms with van der Waals surface area (Å²) in [6, 6.07) is 4.46. The summed E-state index contributed by atoms with van der Waals surface area (Å²) < 4.78 is 18.7. The summed E-state index contributed by atoms with van der Waals surface area (Å²) in [5.41, 5.74) is 6.11. The van der Waals surface area contributed by atoms with Crippen LogP contribution in [0.25, 0.3) is 0 Å². The summed E-state index contributed by atoms with van der Waals surface area (Å²) >= 11 is 0. The molecule has 3 N–H and O–H groups in total. The minimum Gasteiger partial charge on any atom is -0.384 e. The van der Waals surface area contributed by atoms with Crippen LogP contribution in [-0.4, -0.2) is 11.9 Å². The molecular formula is C11H15FN2O. The van der Waals surface area contributed by atoms with E-state index < -0.39 is 0 Å². The summed E-state index contributed by atoms with van der Waals surface area (Å²) in [4.78, 5) is 0. The van der Waals surface area contributed by atoms with E-state index in [2.05, 4.69) is 0 Å². The fraction of sp³-hybridized carbons (Fsp3) is 0.364. The molecule has 1 rings (SSSR count). The maximum Gasteiger partial charge on any atom is 0.129 e. The second-order valence-corrected chi connectivity index (χ2v) is 3.58. The van der Waals surface area contributed by atoms with Gasteiger partial charge < -0.3 is 10.5 Å². The van der Waals surface area contributed by atoms with Gasteiger partial charge in [-0.1, -0.05) is 12.1 Å². The molecule has 4 heteroatoms.